The van der Waals surface area contributed by atoms with E-state index in [4.69, 9.17) is 23.2 Å². The van der Waals surface area contributed by atoms with E-state index in [-0.39, 0.29) is 5.91 Å². The highest BCUT2D eigenvalue weighted by Gasteiger charge is 2.18. The molecule has 6 heteroatoms. The zero-order valence-electron chi connectivity index (χ0n) is 13.3. The molecule has 0 aliphatic heterocycles. The molecular formula is C19H14Cl2N2O2. The van der Waals surface area contributed by atoms with E-state index >= 15 is 0 Å². The molecule has 0 radical (unpaired) electrons. The molecule has 25 heavy (non-hydrogen) atoms. The number of aldehydes is 1. The highest BCUT2D eigenvalue weighted by molar-refractivity contribution is 6.30. The number of halogens is 2. The first-order valence-corrected chi connectivity index (χ1v) is 8.25. The van der Waals surface area contributed by atoms with Crippen molar-refractivity contribution in [2.24, 2.45) is 0 Å². The molecule has 1 heterocycles. The van der Waals surface area contributed by atoms with E-state index in [1.54, 1.807) is 66.1 Å². The summed E-state index contributed by atoms with van der Waals surface area (Å²) in [6, 6.07) is 15.4. The summed E-state index contributed by atoms with van der Waals surface area (Å²) in [6.07, 6.45) is 0.723. The zero-order chi connectivity index (χ0) is 18.0. The monoisotopic (exact) mass is 372 g/mol. The van der Waals surface area contributed by atoms with Gasteiger partial charge in [-0.2, -0.15) is 0 Å². The number of carbonyl (C=O) groups is 2. The molecule has 126 valence electrons. The fourth-order valence-electron chi connectivity index (χ4n) is 2.61. The highest BCUT2D eigenvalue weighted by Crippen LogP contribution is 2.23. The van der Waals surface area contributed by atoms with Gasteiger partial charge in [0.25, 0.3) is 5.91 Å². The minimum atomic E-state index is -0.296. The summed E-state index contributed by atoms with van der Waals surface area (Å²) in [6.45, 7) is 1.79. The van der Waals surface area contributed by atoms with Crippen molar-refractivity contribution in [3.05, 3.63) is 81.6 Å². The van der Waals surface area contributed by atoms with Gasteiger partial charge in [0.05, 0.1) is 11.3 Å². The Morgan fingerprint density at radius 3 is 2.12 bits per heavy atom. The molecule has 1 N–H and O–H groups in total. The molecule has 1 aromatic heterocycles. The molecule has 0 saturated heterocycles. The molecule has 0 fully saturated rings. The summed E-state index contributed by atoms with van der Waals surface area (Å²) in [5, 5.41) is 3.99. The molecule has 0 atom stereocenters. The molecule has 0 aliphatic rings. The maximum atomic E-state index is 12.6. The van der Waals surface area contributed by atoms with E-state index < -0.39 is 0 Å². The second-order valence-electron chi connectivity index (χ2n) is 5.46. The van der Waals surface area contributed by atoms with Crippen LogP contribution in [0.4, 0.5) is 5.69 Å². The van der Waals surface area contributed by atoms with Crippen molar-refractivity contribution in [1.82, 2.24) is 4.57 Å². The number of nitrogens with zero attached hydrogens (tertiary/aromatic N) is 1. The number of nitrogens with one attached hydrogen (secondary N) is 1. The van der Waals surface area contributed by atoms with Crippen LogP contribution in [0.5, 0.6) is 0 Å². The molecule has 2 aromatic carbocycles. The summed E-state index contributed by atoms with van der Waals surface area (Å²) in [7, 11) is 0. The smallest absolute Gasteiger partial charge is 0.257 e. The van der Waals surface area contributed by atoms with Gasteiger partial charge in [-0.15, -0.1) is 0 Å². The summed E-state index contributed by atoms with van der Waals surface area (Å²) in [5.74, 6) is -0.296. The Morgan fingerprint density at radius 2 is 1.56 bits per heavy atom. The first kappa shape index (κ1) is 17.3. The molecular weight excluding hydrogens is 359 g/mol. The van der Waals surface area contributed by atoms with Gasteiger partial charge in [0, 0.05) is 27.1 Å². The van der Waals surface area contributed by atoms with Crippen molar-refractivity contribution in [3.8, 4) is 5.69 Å². The molecule has 4 nitrogen and oxygen atoms in total. The van der Waals surface area contributed by atoms with Crippen LogP contribution < -0.4 is 5.32 Å². The van der Waals surface area contributed by atoms with E-state index in [0.717, 1.165) is 12.0 Å². The van der Waals surface area contributed by atoms with Gasteiger partial charge in [-0.05, 0) is 61.5 Å². The number of benzene rings is 2. The Labute approximate surface area is 155 Å². The molecule has 0 bridgehead atoms. The first-order chi connectivity index (χ1) is 12.0. The summed E-state index contributed by atoms with van der Waals surface area (Å²) in [5.41, 5.74) is 2.86. The molecule has 3 aromatic rings. The van der Waals surface area contributed by atoms with E-state index in [0.29, 0.717) is 32.7 Å². The van der Waals surface area contributed by atoms with Crippen LogP contribution >= 0.6 is 23.2 Å². The number of aromatic nitrogens is 1. The van der Waals surface area contributed by atoms with Crippen molar-refractivity contribution < 1.29 is 9.59 Å². The van der Waals surface area contributed by atoms with Crippen molar-refractivity contribution in [3.63, 3.8) is 0 Å². The first-order valence-electron chi connectivity index (χ1n) is 7.50. The number of rotatable bonds is 4. The molecule has 3 rings (SSSR count). The van der Waals surface area contributed by atoms with Gasteiger partial charge in [-0.25, -0.2) is 0 Å². The Morgan fingerprint density at radius 1 is 1.00 bits per heavy atom. The lowest BCUT2D eigenvalue weighted by Gasteiger charge is -2.10. The standard InChI is InChI=1S/C19H14Cl2N2O2/c1-12-18(19(25)22-15-6-2-13(20)3-7-15)10-17(11-24)23(12)16-8-4-14(21)5-9-16/h2-11H,1H3,(H,22,25). The van der Waals surface area contributed by atoms with Crippen molar-refractivity contribution in [2.45, 2.75) is 6.92 Å². The fourth-order valence-corrected chi connectivity index (χ4v) is 2.86. The topological polar surface area (TPSA) is 51.1 Å². The van der Waals surface area contributed by atoms with E-state index in [1.165, 1.54) is 0 Å². The lowest BCUT2D eigenvalue weighted by atomic mass is 10.2. The normalized spacial score (nSPS) is 10.5. The molecule has 1 amide bonds. The number of hydrogen-bond donors (Lipinski definition) is 1. The second kappa shape index (κ2) is 7.13. The van der Waals surface area contributed by atoms with Crippen LogP contribution in [0, 0.1) is 6.92 Å². The maximum Gasteiger partial charge on any atom is 0.257 e. The van der Waals surface area contributed by atoms with Crippen LogP contribution in [0.15, 0.2) is 54.6 Å². The lowest BCUT2D eigenvalue weighted by Crippen LogP contribution is -2.13. The van der Waals surface area contributed by atoms with Gasteiger partial charge >= 0.3 is 0 Å². The summed E-state index contributed by atoms with van der Waals surface area (Å²) < 4.78 is 1.72. The van der Waals surface area contributed by atoms with Crippen LogP contribution in [0.1, 0.15) is 26.5 Å². The van der Waals surface area contributed by atoms with Gasteiger partial charge in [0.1, 0.15) is 0 Å². The van der Waals surface area contributed by atoms with Crippen molar-refractivity contribution in [2.75, 3.05) is 5.32 Å². The van der Waals surface area contributed by atoms with Gasteiger partial charge in [-0.3, -0.25) is 9.59 Å². The average Bonchev–Trinajstić information content (AvgIpc) is 2.94. The Bertz CT molecular complexity index is 929. The lowest BCUT2D eigenvalue weighted by molar-refractivity contribution is 0.102. The summed E-state index contributed by atoms with van der Waals surface area (Å²) in [4.78, 5) is 24.1. The Balaban J connectivity index is 1.97. The van der Waals surface area contributed by atoms with E-state index in [1.807, 2.05) is 0 Å². The maximum absolute atomic E-state index is 12.6. The molecule has 0 unspecified atom stereocenters. The highest BCUT2D eigenvalue weighted by atomic mass is 35.5. The van der Waals surface area contributed by atoms with Gasteiger partial charge in [0.2, 0.25) is 0 Å². The van der Waals surface area contributed by atoms with Crippen LogP contribution in [0.2, 0.25) is 10.0 Å². The number of amides is 1. The zero-order valence-corrected chi connectivity index (χ0v) is 14.8. The van der Waals surface area contributed by atoms with Crippen LogP contribution in [-0.4, -0.2) is 16.8 Å². The third-order valence-corrected chi connectivity index (χ3v) is 4.33. The van der Waals surface area contributed by atoms with Crippen LogP contribution in [0.3, 0.4) is 0 Å². The van der Waals surface area contributed by atoms with Crippen molar-refractivity contribution in [1.29, 1.82) is 0 Å². The third kappa shape index (κ3) is 3.60. The SMILES string of the molecule is Cc1c(C(=O)Nc2ccc(Cl)cc2)cc(C=O)n1-c1ccc(Cl)cc1. The minimum absolute atomic E-state index is 0.296. The summed E-state index contributed by atoms with van der Waals surface area (Å²) >= 11 is 11.8. The van der Waals surface area contributed by atoms with E-state index in [9.17, 15) is 9.59 Å². The van der Waals surface area contributed by atoms with Gasteiger partial charge in [-0.1, -0.05) is 23.2 Å². The quantitative estimate of drug-likeness (QED) is 0.643. The van der Waals surface area contributed by atoms with Gasteiger partial charge < -0.3 is 9.88 Å². The number of anilines is 1. The molecule has 0 aliphatic carbocycles. The fraction of sp³-hybridized carbons (Fsp3) is 0.0526. The molecule has 0 saturated carbocycles. The number of hydrogen-bond acceptors (Lipinski definition) is 2. The average molecular weight is 373 g/mol. The molecule has 0 spiro atoms. The number of carbonyl (C=O) groups excluding carboxylic acids is 2. The minimum Gasteiger partial charge on any atom is -0.322 e. The van der Waals surface area contributed by atoms with Gasteiger partial charge in [0.15, 0.2) is 6.29 Å². The van der Waals surface area contributed by atoms with Crippen LogP contribution in [-0.2, 0) is 0 Å². The third-order valence-electron chi connectivity index (χ3n) is 3.83. The predicted molar refractivity (Wildman–Crippen MR) is 100 cm³/mol. The van der Waals surface area contributed by atoms with Crippen molar-refractivity contribution >= 4 is 41.1 Å². The Hall–Kier alpha value is -2.56. The van der Waals surface area contributed by atoms with Crippen LogP contribution in [0.25, 0.3) is 5.69 Å². The Kier molecular flexibility index (Phi) is 4.93. The largest absolute Gasteiger partial charge is 0.322 e. The predicted octanol–water partition coefficient (Wildman–Crippen LogP) is 5.16. The van der Waals surface area contributed by atoms with E-state index in [2.05, 4.69) is 5.32 Å². The second-order valence-corrected chi connectivity index (χ2v) is 6.33.